The van der Waals surface area contributed by atoms with E-state index in [2.05, 4.69) is 4.18 Å². The predicted octanol–water partition coefficient (Wildman–Crippen LogP) is 0.386. The highest BCUT2D eigenvalue weighted by atomic mass is 127. The van der Waals surface area contributed by atoms with Gasteiger partial charge in [0.1, 0.15) is 9.34 Å². The molecule has 0 saturated carbocycles. The maximum absolute atomic E-state index is 11.2. The molecule has 5 nitrogen and oxygen atoms in total. The van der Waals surface area contributed by atoms with Gasteiger partial charge in [0.05, 0.1) is 0 Å². The van der Waals surface area contributed by atoms with Crippen molar-refractivity contribution in [3.63, 3.8) is 0 Å². The summed E-state index contributed by atoms with van der Waals surface area (Å²) < 4.78 is 27.4. The lowest BCUT2D eigenvalue weighted by molar-refractivity contribution is -0.121. The second kappa shape index (κ2) is 2.87. The lowest BCUT2D eigenvalue weighted by Gasteiger charge is -2.22. The van der Waals surface area contributed by atoms with Gasteiger partial charge in [-0.1, -0.05) is 0 Å². The van der Waals surface area contributed by atoms with E-state index in [0.717, 1.165) is 7.05 Å². The molecule has 0 fully saturated rings. The Hall–Kier alpha value is -0.310. The smallest absolute Gasteiger partial charge is 0.370 e. The van der Waals surface area contributed by atoms with Crippen molar-refractivity contribution in [2.24, 2.45) is 0 Å². The van der Waals surface area contributed by atoms with Crippen molar-refractivity contribution in [2.45, 2.75) is 6.92 Å². The van der Waals surface area contributed by atoms with Gasteiger partial charge in [0.2, 0.25) is 0 Å². The molecule has 0 aliphatic carbocycles. The third-order valence-electron chi connectivity index (χ3n) is 1.35. The van der Waals surface area contributed by atoms with Crippen LogP contribution in [-0.4, -0.2) is 25.7 Å². The first-order valence-corrected chi connectivity index (χ1v) is 5.39. The van der Waals surface area contributed by atoms with Crippen molar-refractivity contribution in [1.29, 1.82) is 0 Å². The van der Waals surface area contributed by atoms with Gasteiger partial charge in [0.15, 0.2) is 0 Å². The van der Waals surface area contributed by atoms with Crippen LogP contribution in [0, 0.1) is 0 Å². The van der Waals surface area contributed by atoms with Gasteiger partial charge in [-0.2, -0.15) is 8.42 Å². The fourth-order valence-corrected chi connectivity index (χ4v) is 2.23. The molecule has 0 aromatic carbocycles. The summed E-state index contributed by atoms with van der Waals surface area (Å²) in [6, 6.07) is 0. The number of rotatable bonds is 0. The van der Waals surface area contributed by atoms with Gasteiger partial charge in [-0.3, -0.25) is 4.79 Å². The molecule has 12 heavy (non-hydrogen) atoms. The lowest BCUT2D eigenvalue weighted by atomic mass is 10.4. The normalized spacial score (nSPS) is 22.6. The van der Waals surface area contributed by atoms with E-state index in [9.17, 15) is 13.2 Å². The van der Waals surface area contributed by atoms with E-state index >= 15 is 0 Å². The summed E-state index contributed by atoms with van der Waals surface area (Å²) in [6.45, 7) is 1.43. The largest absolute Gasteiger partial charge is 0.411 e. The number of nitrogens with zero attached hydrogens (tertiary/aromatic N) is 1. The molecule has 0 N–H and O–H groups in total. The van der Waals surface area contributed by atoms with Crippen molar-refractivity contribution < 1.29 is 17.4 Å². The molecule has 1 heterocycles. The number of likely N-dealkylation sites (N-methyl/N-ethyl adjacent to an activating group) is 1. The Morgan fingerprint density at radius 2 is 2.00 bits per heavy atom. The minimum atomic E-state index is -3.87. The average Bonchev–Trinajstić information content (AvgIpc) is 1.97. The number of amides is 1. The molecule has 7 heteroatoms. The molecule has 0 saturated heterocycles. The summed E-state index contributed by atoms with van der Waals surface area (Å²) in [5, 5.41) is 0. The Balaban J connectivity index is 3.26. The zero-order chi connectivity index (χ0) is 9.52. The molecular formula is C5H6INO4S. The monoisotopic (exact) mass is 303 g/mol. The molecule has 0 aromatic rings. The molecular weight excluding hydrogens is 297 g/mol. The minimum Gasteiger partial charge on any atom is -0.370 e. The molecule has 1 rings (SSSR count). The Morgan fingerprint density at radius 1 is 1.50 bits per heavy atom. The summed E-state index contributed by atoms with van der Waals surface area (Å²) in [7, 11) is -2.72. The second-order valence-electron chi connectivity index (χ2n) is 2.18. The Bertz CT molecular complexity index is 358. The highest BCUT2D eigenvalue weighted by Crippen LogP contribution is 2.25. The van der Waals surface area contributed by atoms with Gasteiger partial charge in [-0.25, -0.2) is 4.31 Å². The van der Waals surface area contributed by atoms with Crippen LogP contribution in [0.2, 0.25) is 0 Å². The van der Waals surface area contributed by atoms with Crippen LogP contribution in [-0.2, 0) is 19.3 Å². The maximum Gasteiger partial charge on any atom is 0.411 e. The number of halogens is 1. The topological polar surface area (TPSA) is 63.7 Å². The van der Waals surface area contributed by atoms with Crippen molar-refractivity contribution in [3.05, 3.63) is 9.34 Å². The molecule has 0 bridgehead atoms. The van der Waals surface area contributed by atoms with Gasteiger partial charge in [-0.15, -0.1) is 0 Å². The maximum atomic E-state index is 11.2. The molecule has 0 spiro atoms. The molecule has 1 aliphatic rings. The lowest BCUT2D eigenvalue weighted by Crippen LogP contribution is -2.38. The summed E-state index contributed by atoms with van der Waals surface area (Å²) in [5.74, 6) is -0.432. The van der Waals surface area contributed by atoms with E-state index in [-0.39, 0.29) is 9.34 Å². The zero-order valence-corrected chi connectivity index (χ0v) is 9.34. The van der Waals surface area contributed by atoms with Crippen LogP contribution in [0.15, 0.2) is 9.34 Å². The molecule has 1 aliphatic heterocycles. The van der Waals surface area contributed by atoms with Crippen LogP contribution in [0.5, 0.6) is 0 Å². The highest BCUT2D eigenvalue weighted by Gasteiger charge is 2.33. The van der Waals surface area contributed by atoms with Crippen LogP contribution in [0.3, 0.4) is 0 Å². The first-order chi connectivity index (χ1) is 5.36. The fourth-order valence-electron chi connectivity index (χ4n) is 0.641. The first-order valence-electron chi connectivity index (χ1n) is 2.95. The average molecular weight is 303 g/mol. The quantitative estimate of drug-likeness (QED) is 0.607. The summed E-state index contributed by atoms with van der Waals surface area (Å²) >= 11 is 1.74. The van der Waals surface area contributed by atoms with Crippen LogP contribution < -0.4 is 0 Å². The number of allylic oxidation sites excluding steroid dienone is 1. The number of carbonyl (C=O) groups excluding carboxylic acids is 1. The van der Waals surface area contributed by atoms with E-state index < -0.39 is 16.2 Å². The third-order valence-corrected chi connectivity index (χ3v) is 3.87. The third kappa shape index (κ3) is 1.42. The van der Waals surface area contributed by atoms with E-state index in [1.807, 2.05) is 0 Å². The highest BCUT2D eigenvalue weighted by molar-refractivity contribution is 14.1. The van der Waals surface area contributed by atoms with Crippen LogP contribution >= 0.6 is 22.6 Å². The predicted molar refractivity (Wildman–Crippen MR) is 49.5 cm³/mol. The van der Waals surface area contributed by atoms with Crippen molar-refractivity contribution in [1.82, 2.24) is 4.31 Å². The SMILES string of the molecule is CC1=C(I)C(=O)N(C)S(=O)(=O)O1. The van der Waals surface area contributed by atoms with Crippen LogP contribution in [0.4, 0.5) is 0 Å². The standard InChI is InChI=1S/C5H6INO4S/c1-3-4(6)5(8)7(2)12(9,10)11-3/h1-2H3. The molecule has 0 atom stereocenters. The number of hydrogen-bond acceptors (Lipinski definition) is 4. The number of carbonyl (C=O) groups is 1. The van der Waals surface area contributed by atoms with Gasteiger partial charge in [-0.05, 0) is 29.5 Å². The van der Waals surface area contributed by atoms with Crippen molar-refractivity contribution >= 4 is 38.8 Å². The number of hydrogen-bond donors (Lipinski definition) is 0. The van der Waals surface area contributed by atoms with Gasteiger partial charge >= 0.3 is 10.3 Å². The summed E-state index contributed by atoms with van der Waals surface area (Å²) in [4.78, 5) is 11.2. The first kappa shape index (κ1) is 9.78. The van der Waals surface area contributed by atoms with Crippen molar-refractivity contribution in [3.8, 4) is 0 Å². The zero-order valence-electron chi connectivity index (χ0n) is 6.37. The van der Waals surface area contributed by atoms with Crippen LogP contribution in [0.1, 0.15) is 6.92 Å². The van der Waals surface area contributed by atoms with Crippen LogP contribution in [0.25, 0.3) is 0 Å². The van der Waals surface area contributed by atoms with E-state index in [1.54, 1.807) is 22.6 Å². The van der Waals surface area contributed by atoms with E-state index in [0.29, 0.717) is 4.31 Å². The van der Waals surface area contributed by atoms with Crippen molar-refractivity contribution in [2.75, 3.05) is 7.05 Å². The Kier molecular flexibility index (Phi) is 2.34. The molecule has 68 valence electrons. The molecule has 0 radical (unpaired) electrons. The molecule has 0 unspecified atom stereocenters. The summed E-state index contributed by atoms with van der Waals surface area (Å²) in [5.41, 5.74) is 0. The van der Waals surface area contributed by atoms with E-state index in [1.165, 1.54) is 6.92 Å². The van der Waals surface area contributed by atoms with E-state index in [4.69, 9.17) is 0 Å². The van der Waals surface area contributed by atoms with Gasteiger partial charge in [0, 0.05) is 7.05 Å². The van der Waals surface area contributed by atoms with Gasteiger partial charge < -0.3 is 4.18 Å². The second-order valence-corrected chi connectivity index (χ2v) is 4.83. The molecule has 1 amide bonds. The Morgan fingerprint density at radius 3 is 2.50 bits per heavy atom. The Labute approximate surface area is 83.8 Å². The fraction of sp³-hybridized carbons (Fsp3) is 0.400. The molecule has 0 aromatic heterocycles. The minimum absolute atomic E-state index is 0.124. The van der Waals surface area contributed by atoms with Gasteiger partial charge in [0.25, 0.3) is 5.91 Å². The summed E-state index contributed by atoms with van der Waals surface area (Å²) in [6.07, 6.45) is 0.